The summed E-state index contributed by atoms with van der Waals surface area (Å²) in [4.78, 5) is 4.06. The molecule has 0 unspecified atom stereocenters. The fourth-order valence-corrected chi connectivity index (χ4v) is 1.64. The van der Waals surface area contributed by atoms with E-state index in [4.69, 9.17) is 0 Å². The molecule has 2 heterocycles. The van der Waals surface area contributed by atoms with Gasteiger partial charge in [-0.2, -0.15) is 0 Å². The van der Waals surface area contributed by atoms with Gasteiger partial charge in [0.15, 0.2) is 5.65 Å². The van der Waals surface area contributed by atoms with Crippen molar-refractivity contribution in [2.24, 2.45) is 0 Å². The van der Waals surface area contributed by atoms with Crippen molar-refractivity contribution in [3.8, 4) is 0 Å². The highest BCUT2D eigenvalue weighted by Crippen LogP contribution is 2.18. The molecule has 1 saturated carbocycles. The van der Waals surface area contributed by atoms with Crippen LogP contribution in [0.25, 0.3) is 5.65 Å². The number of nitrogens with zero attached hydrogens (tertiary/aromatic N) is 4. The van der Waals surface area contributed by atoms with Crippen LogP contribution in [0.5, 0.6) is 0 Å². The van der Waals surface area contributed by atoms with Gasteiger partial charge in [0.1, 0.15) is 12.2 Å². The normalized spacial score (nSPS) is 16.0. The van der Waals surface area contributed by atoms with Crippen LogP contribution in [0.15, 0.2) is 18.6 Å². The minimum absolute atomic E-state index is 0.752. The van der Waals surface area contributed by atoms with E-state index < -0.39 is 0 Å². The van der Waals surface area contributed by atoms with E-state index in [0.29, 0.717) is 0 Å². The number of rotatable bonds is 4. The summed E-state index contributed by atoms with van der Waals surface area (Å²) in [6, 6.07) is 2.62. The zero-order chi connectivity index (χ0) is 10.1. The third kappa shape index (κ3) is 1.83. The first-order valence-electron chi connectivity index (χ1n) is 5.30. The van der Waals surface area contributed by atoms with Crippen LogP contribution in [0.4, 0.5) is 0 Å². The molecular weight excluding hydrogens is 190 g/mol. The molecule has 15 heavy (non-hydrogen) atoms. The van der Waals surface area contributed by atoms with Gasteiger partial charge in [-0.3, -0.25) is 4.40 Å². The third-order valence-corrected chi connectivity index (χ3v) is 2.64. The second kappa shape index (κ2) is 3.58. The monoisotopic (exact) mass is 203 g/mol. The van der Waals surface area contributed by atoms with Crippen LogP contribution >= 0.6 is 0 Å². The van der Waals surface area contributed by atoms with Crippen molar-refractivity contribution in [3.05, 3.63) is 24.4 Å². The van der Waals surface area contributed by atoms with Gasteiger partial charge < -0.3 is 5.32 Å². The Morgan fingerprint density at radius 2 is 2.33 bits per heavy atom. The first-order chi connectivity index (χ1) is 7.43. The van der Waals surface area contributed by atoms with Crippen LogP contribution in [0.2, 0.25) is 0 Å². The van der Waals surface area contributed by atoms with Crippen LogP contribution in [0.3, 0.4) is 0 Å². The van der Waals surface area contributed by atoms with E-state index in [2.05, 4.69) is 20.5 Å². The van der Waals surface area contributed by atoms with Crippen molar-refractivity contribution >= 4 is 5.65 Å². The van der Waals surface area contributed by atoms with E-state index in [-0.39, 0.29) is 0 Å². The van der Waals surface area contributed by atoms with Gasteiger partial charge in [-0.05, 0) is 12.8 Å². The fourth-order valence-electron chi connectivity index (χ4n) is 1.64. The van der Waals surface area contributed by atoms with Crippen molar-refractivity contribution < 1.29 is 0 Å². The maximum atomic E-state index is 4.15. The van der Waals surface area contributed by atoms with Gasteiger partial charge in [0, 0.05) is 31.3 Å². The minimum atomic E-state index is 0.752. The van der Waals surface area contributed by atoms with Gasteiger partial charge >= 0.3 is 0 Å². The molecule has 2 aromatic heterocycles. The fraction of sp³-hybridized carbons (Fsp3) is 0.500. The molecule has 5 heteroatoms. The van der Waals surface area contributed by atoms with Crippen LogP contribution < -0.4 is 5.32 Å². The van der Waals surface area contributed by atoms with Crippen LogP contribution in [0, 0.1) is 0 Å². The van der Waals surface area contributed by atoms with Crippen LogP contribution in [0.1, 0.15) is 18.7 Å². The largest absolute Gasteiger partial charge is 0.314 e. The van der Waals surface area contributed by atoms with Gasteiger partial charge in [0.2, 0.25) is 0 Å². The Morgan fingerprint density at radius 3 is 3.20 bits per heavy atom. The Kier molecular flexibility index (Phi) is 2.10. The van der Waals surface area contributed by atoms with Crippen molar-refractivity contribution in [1.29, 1.82) is 0 Å². The highest BCUT2D eigenvalue weighted by atomic mass is 15.3. The summed E-state index contributed by atoms with van der Waals surface area (Å²) >= 11 is 0. The first kappa shape index (κ1) is 8.79. The summed E-state index contributed by atoms with van der Waals surface area (Å²) in [7, 11) is 0. The molecule has 1 aliphatic rings. The number of hydrogen-bond acceptors (Lipinski definition) is 4. The average Bonchev–Trinajstić information content (AvgIpc) is 3.00. The Hall–Kier alpha value is -1.49. The number of nitrogens with one attached hydrogen (secondary N) is 1. The van der Waals surface area contributed by atoms with Gasteiger partial charge in [0.05, 0.1) is 0 Å². The Bertz CT molecular complexity index is 460. The predicted molar refractivity (Wildman–Crippen MR) is 55.5 cm³/mol. The molecule has 0 aromatic carbocycles. The predicted octanol–water partition coefficient (Wildman–Crippen LogP) is 0.419. The molecule has 2 aromatic rings. The summed E-state index contributed by atoms with van der Waals surface area (Å²) in [5.41, 5.74) is 0.867. The maximum Gasteiger partial charge on any atom is 0.163 e. The van der Waals surface area contributed by atoms with Crippen LogP contribution in [-0.4, -0.2) is 32.2 Å². The standard InChI is InChI=1S/C10H13N5/c1-2-8(1)12-6-4-10-14-13-9-3-5-11-7-15(9)10/h3,5,7-8,12H,1-2,4,6H2. The molecule has 5 nitrogen and oxygen atoms in total. The summed E-state index contributed by atoms with van der Waals surface area (Å²) in [5.74, 6) is 0.978. The van der Waals surface area contributed by atoms with Crippen molar-refractivity contribution in [1.82, 2.24) is 24.9 Å². The maximum absolute atomic E-state index is 4.15. The first-order valence-corrected chi connectivity index (χ1v) is 5.30. The van der Waals surface area contributed by atoms with Gasteiger partial charge in [0.25, 0.3) is 0 Å². The zero-order valence-electron chi connectivity index (χ0n) is 8.43. The Morgan fingerprint density at radius 1 is 1.40 bits per heavy atom. The third-order valence-electron chi connectivity index (χ3n) is 2.64. The second-order valence-electron chi connectivity index (χ2n) is 3.90. The zero-order valence-corrected chi connectivity index (χ0v) is 8.43. The number of fused-ring (bicyclic) bond motifs is 1. The lowest BCUT2D eigenvalue weighted by Gasteiger charge is -2.00. The van der Waals surface area contributed by atoms with Gasteiger partial charge in [-0.15, -0.1) is 10.2 Å². The molecule has 1 aliphatic carbocycles. The van der Waals surface area contributed by atoms with Crippen molar-refractivity contribution in [3.63, 3.8) is 0 Å². The highest BCUT2D eigenvalue weighted by Gasteiger charge is 2.19. The smallest absolute Gasteiger partial charge is 0.163 e. The number of aromatic nitrogens is 4. The lowest BCUT2D eigenvalue weighted by molar-refractivity contribution is 0.662. The molecule has 1 fully saturated rings. The lowest BCUT2D eigenvalue weighted by Crippen LogP contribution is -2.20. The average molecular weight is 203 g/mol. The SMILES string of the molecule is c1cc2nnc(CCNC3CC3)n2cn1. The quantitative estimate of drug-likeness (QED) is 0.782. The van der Waals surface area contributed by atoms with E-state index in [1.54, 1.807) is 12.5 Å². The molecule has 0 amide bonds. The van der Waals surface area contributed by atoms with Crippen molar-refractivity contribution in [2.75, 3.05) is 6.54 Å². The van der Waals surface area contributed by atoms with Crippen molar-refractivity contribution in [2.45, 2.75) is 25.3 Å². The highest BCUT2D eigenvalue weighted by molar-refractivity contribution is 5.35. The van der Waals surface area contributed by atoms with E-state index in [0.717, 1.165) is 30.5 Å². The van der Waals surface area contributed by atoms with Gasteiger partial charge in [-0.1, -0.05) is 0 Å². The van der Waals surface area contributed by atoms with Gasteiger partial charge in [-0.25, -0.2) is 4.98 Å². The Labute approximate surface area is 87.5 Å². The molecule has 0 radical (unpaired) electrons. The van der Waals surface area contributed by atoms with E-state index in [9.17, 15) is 0 Å². The van der Waals surface area contributed by atoms with E-state index >= 15 is 0 Å². The van der Waals surface area contributed by atoms with E-state index in [1.165, 1.54) is 12.8 Å². The number of hydrogen-bond donors (Lipinski definition) is 1. The summed E-state index contributed by atoms with van der Waals surface area (Å²) < 4.78 is 1.94. The Balaban J connectivity index is 1.72. The topological polar surface area (TPSA) is 55.1 Å². The molecule has 1 N–H and O–H groups in total. The van der Waals surface area contributed by atoms with E-state index in [1.807, 2.05) is 10.5 Å². The molecular formula is C10H13N5. The summed E-state index contributed by atoms with van der Waals surface area (Å²) in [6.07, 6.45) is 7.05. The molecule has 78 valence electrons. The lowest BCUT2D eigenvalue weighted by atomic mass is 10.4. The molecule has 0 aliphatic heterocycles. The molecule has 0 atom stereocenters. The second-order valence-corrected chi connectivity index (χ2v) is 3.90. The van der Waals surface area contributed by atoms with Crippen LogP contribution in [-0.2, 0) is 6.42 Å². The summed E-state index contributed by atoms with van der Waals surface area (Å²) in [6.45, 7) is 0.973. The molecule has 3 rings (SSSR count). The molecule has 0 saturated heterocycles. The minimum Gasteiger partial charge on any atom is -0.314 e. The molecule has 0 spiro atoms. The summed E-state index contributed by atoms with van der Waals surface area (Å²) in [5, 5.41) is 11.7. The molecule has 0 bridgehead atoms.